The highest BCUT2D eigenvalue weighted by Crippen LogP contribution is 2.10. The average molecular weight is 215 g/mol. The molecule has 88 valence electrons. The van der Waals surface area contributed by atoms with Gasteiger partial charge >= 0.3 is 5.97 Å². The summed E-state index contributed by atoms with van der Waals surface area (Å²) in [5.74, 6) is -0.265. The maximum Gasteiger partial charge on any atom is 0.309 e. The van der Waals surface area contributed by atoms with Gasteiger partial charge in [0.15, 0.2) is 0 Å². The average Bonchev–Trinajstić information content (AvgIpc) is 2.27. The fraction of sp³-hybridized carbons (Fsp3) is 0.700. The summed E-state index contributed by atoms with van der Waals surface area (Å²) in [6.45, 7) is 1.93. The van der Waals surface area contributed by atoms with Gasteiger partial charge in [0.1, 0.15) is 0 Å². The quantitative estimate of drug-likeness (QED) is 0.423. The van der Waals surface area contributed by atoms with Crippen LogP contribution in [-0.4, -0.2) is 39.9 Å². The van der Waals surface area contributed by atoms with Gasteiger partial charge in [-0.25, -0.2) is 0 Å². The lowest BCUT2D eigenvalue weighted by atomic mass is 10.1. The zero-order valence-electron chi connectivity index (χ0n) is 10.1. The first kappa shape index (κ1) is 13.9. The minimum absolute atomic E-state index is 0.232. The molecule has 0 fully saturated rings. The van der Waals surface area contributed by atoms with E-state index in [1.165, 1.54) is 7.11 Å². The molecular formula is C10H21N3O2. The number of esters is 1. The molecular weight excluding hydrogens is 194 g/mol. The molecule has 0 rings (SSSR count). The van der Waals surface area contributed by atoms with E-state index >= 15 is 0 Å². The van der Waals surface area contributed by atoms with E-state index in [1.807, 2.05) is 20.0 Å². The van der Waals surface area contributed by atoms with Crippen LogP contribution in [0, 0.1) is 0 Å². The molecule has 0 aromatic rings. The Morgan fingerprint density at radius 1 is 1.33 bits per heavy atom. The van der Waals surface area contributed by atoms with Crippen molar-refractivity contribution in [3.63, 3.8) is 0 Å². The predicted molar refractivity (Wildman–Crippen MR) is 60.3 cm³/mol. The number of carbonyl (C=O) groups is 1. The van der Waals surface area contributed by atoms with E-state index in [-0.39, 0.29) is 12.4 Å². The molecule has 0 saturated heterocycles. The van der Waals surface area contributed by atoms with Crippen LogP contribution in [0.25, 0.3) is 0 Å². The molecule has 5 heteroatoms. The summed E-state index contributed by atoms with van der Waals surface area (Å²) in [4.78, 5) is 11.3. The summed E-state index contributed by atoms with van der Waals surface area (Å²) in [5, 5.41) is 9.14. The van der Waals surface area contributed by atoms with Gasteiger partial charge in [0.2, 0.25) is 0 Å². The summed E-state index contributed by atoms with van der Waals surface area (Å²) < 4.78 is 4.66. The van der Waals surface area contributed by atoms with Crippen molar-refractivity contribution in [1.82, 2.24) is 16.0 Å². The SMILES string of the molecule is CNC(C)=CC(CC(=O)OC)(NC)NC. The van der Waals surface area contributed by atoms with Gasteiger partial charge in [-0.1, -0.05) is 0 Å². The minimum atomic E-state index is -0.569. The van der Waals surface area contributed by atoms with Crippen molar-refractivity contribution in [2.24, 2.45) is 0 Å². The topological polar surface area (TPSA) is 62.4 Å². The summed E-state index contributed by atoms with van der Waals surface area (Å²) in [5.41, 5.74) is 0.405. The van der Waals surface area contributed by atoms with Gasteiger partial charge in [-0.3, -0.25) is 15.4 Å². The minimum Gasteiger partial charge on any atom is -0.469 e. The van der Waals surface area contributed by atoms with E-state index in [4.69, 9.17) is 0 Å². The molecule has 0 heterocycles. The molecule has 0 spiro atoms. The highest BCUT2D eigenvalue weighted by molar-refractivity contribution is 5.71. The Kier molecular flexibility index (Phi) is 5.96. The lowest BCUT2D eigenvalue weighted by Crippen LogP contribution is -2.54. The highest BCUT2D eigenvalue weighted by Gasteiger charge is 2.27. The maximum absolute atomic E-state index is 11.3. The standard InChI is InChI=1S/C10H21N3O2/c1-8(11-2)6-10(12-3,13-4)7-9(14)15-5/h6,11-13H,7H2,1-5H3. The van der Waals surface area contributed by atoms with Gasteiger partial charge in [-0.15, -0.1) is 0 Å². The van der Waals surface area contributed by atoms with E-state index in [2.05, 4.69) is 20.7 Å². The molecule has 0 aliphatic rings. The van der Waals surface area contributed by atoms with Gasteiger partial charge < -0.3 is 10.1 Å². The number of rotatable bonds is 6. The van der Waals surface area contributed by atoms with E-state index < -0.39 is 5.66 Å². The lowest BCUT2D eigenvalue weighted by Gasteiger charge is -2.29. The van der Waals surface area contributed by atoms with Crippen molar-refractivity contribution in [2.75, 3.05) is 28.3 Å². The van der Waals surface area contributed by atoms with Gasteiger partial charge in [-0.2, -0.15) is 0 Å². The number of hydrogen-bond acceptors (Lipinski definition) is 5. The summed E-state index contributed by atoms with van der Waals surface area (Å²) >= 11 is 0. The van der Waals surface area contributed by atoms with Gasteiger partial charge in [0.25, 0.3) is 0 Å². The molecule has 0 bridgehead atoms. The highest BCUT2D eigenvalue weighted by atomic mass is 16.5. The monoisotopic (exact) mass is 215 g/mol. The molecule has 15 heavy (non-hydrogen) atoms. The Morgan fingerprint density at radius 2 is 1.87 bits per heavy atom. The summed E-state index contributed by atoms with van der Waals surface area (Å²) in [6.07, 6.45) is 2.15. The van der Waals surface area contributed by atoms with Crippen molar-refractivity contribution >= 4 is 5.97 Å². The second-order valence-electron chi connectivity index (χ2n) is 3.30. The summed E-state index contributed by atoms with van der Waals surface area (Å²) in [7, 11) is 6.80. The van der Waals surface area contributed by atoms with Crippen molar-refractivity contribution in [1.29, 1.82) is 0 Å². The van der Waals surface area contributed by atoms with Gasteiger partial charge in [0, 0.05) is 12.7 Å². The van der Waals surface area contributed by atoms with Crippen LogP contribution in [0.2, 0.25) is 0 Å². The zero-order valence-corrected chi connectivity index (χ0v) is 10.1. The van der Waals surface area contributed by atoms with E-state index in [9.17, 15) is 4.79 Å². The third-order valence-corrected chi connectivity index (χ3v) is 2.40. The van der Waals surface area contributed by atoms with E-state index in [0.717, 1.165) is 5.70 Å². The fourth-order valence-corrected chi connectivity index (χ4v) is 1.24. The summed E-state index contributed by atoms with van der Waals surface area (Å²) in [6, 6.07) is 0. The second kappa shape index (κ2) is 6.42. The second-order valence-corrected chi connectivity index (χ2v) is 3.30. The zero-order chi connectivity index (χ0) is 11.9. The molecule has 0 saturated carbocycles. The van der Waals surface area contributed by atoms with Crippen LogP contribution in [0.1, 0.15) is 13.3 Å². The molecule has 0 aliphatic heterocycles. The van der Waals surface area contributed by atoms with Crippen LogP contribution < -0.4 is 16.0 Å². The first-order valence-corrected chi connectivity index (χ1v) is 4.85. The number of carbonyl (C=O) groups excluding carboxylic acids is 1. The number of ether oxygens (including phenoxy) is 1. The Labute approximate surface area is 91.3 Å². The Morgan fingerprint density at radius 3 is 2.20 bits per heavy atom. The van der Waals surface area contributed by atoms with Crippen molar-refractivity contribution < 1.29 is 9.53 Å². The molecule has 5 nitrogen and oxygen atoms in total. The largest absolute Gasteiger partial charge is 0.469 e. The number of hydrogen-bond donors (Lipinski definition) is 3. The maximum atomic E-state index is 11.3. The number of nitrogens with one attached hydrogen (secondary N) is 3. The van der Waals surface area contributed by atoms with Crippen molar-refractivity contribution in [3.8, 4) is 0 Å². The van der Waals surface area contributed by atoms with Crippen LogP contribution >= 0.6 is 0 Å². The third-order valence-electron chi connectivity index (χ3n) is 2.40. The van der Waals surface area contributed by atoms with Crippen LogP contribution in [0.4, 0.5) is 0 Å². The molecule has 0 amide bonds. The fourth-order valence-electron chi connectivity index (χ4n) is 1.24. The van der Waals surface area contributed by atoms with Gasteiger partial charge in [-0.05, 0) is 27.1 Å². The third kappa shape index (κ3) is 4.31. The molecule has 0 aliphatic carbocycles. The van der Waals surface area contributed by atoms with Crippen molar-refractivity contribution in [2.45, 2.75) is 19.0 Å². The number of likely N-dealkylation sites (N-methyl/N-ethyl adjacent to an activating group) is 2. The van der Waals surface area contributed by atoms with Crippen molar-refractivity contribution in [3.05, 3.63) is 11.8 Å². The number of allylic oxidation sites excluding steroid dienone is 1. The number of methoxy groups -OCH3 is 1. The van der Waals surface area contributed by atoms with Crippen LogP contribution in [-0.2, 0) is 9.53 Å². The lowest BCUT2D eigenvalue weighted by molar-refractivity contribution is -0.142. The Balaban J connectivity index is 4.79. The van der Waals surface area contributed by atoms with E-state index in [1.54, 1.807) is 14.1 Å². The van der Waals surface area contributed by atoms with E-state index in [0.29, 0.717) is 0 Å². The van der Waals surface area contributed by atoms with Crippen LogP contribution in [0.15, 0.2) is 11.8 Å². The Hall–Kier alpha value is -1.07. The van der Waals surface area contributed by atoms with Crippen LogP contribution in [0.5, 0.6) is 0 Å². The first-order valence-electron chi connectivity index (χ1n) is 4.85. The predicted octanol–water partition coefficient (Wildman–Crippen LogP) is -0.192. The molecule has 0 unspecified atom stereocenters. The van der Waals surface area contributed by atoms with Crippen LogP contribution in [0.3, 0.4) is 0 Å². The molecule has 0 aromatic carbocycles. The smallest absolute Gasteiger partial charge is 0.309 e. The normalized spacial score (nSPS) is 12.5. The molecule has 0 aromatic heterocycles. The molecule has 3 N–H and O–H groups in total. The Bertz CT molecular complexity index is 235. The van der Waals surface area contributed by atoms with Gasteiger partial charge in [0.05, 0.1) is 19.2 Å². The molecule has 0 radical (unpaired) electrons. The molecule has 0 atom stereocenters. The first-order chi connectivity index (χ1) is 7.03.